The molecule has 0 amide bonds. The molecule has 0 N–H and O–H groups in total. The second-order valence-electron chi connectivity index (χ2n) is 8.39. The SMILES string of the molecule is COc1ccc(-c2ccc([SH]3c4ccccc4C(=O)c4cc(C(C)C)ccc43)cc2)cc1. The van der Waals surface area contributed by atoms with E-state index < -0.39 is 10.9 Å². The molecule has 1 aliphatic rings. The van der Waals surface area contributed by atoms with E-state index in [1.54, 1.807) is 7.11 Å². The first-order valence-corrected chi connectivity index (χ1v) is 12.2. The molecule has 0 spiro atoms. The smallest absolute Gasteiger partial charge is 0.195 e. The van der Waals surface area contributed by atoms with Gasteiger partial charge in [0.25, 0.3) is 0 Å². The lowest BCUT2D eigenvalue weighted by molar-refractivity contribution is 0.103. The van der Waals surface area contributed by atoms with Crippen molar-refractivity contribution in [3.63, 3.8) is 0 Å². The molecular formula is C29H26O2S. The van der Waals surface area contributed by atoms with E-state index in [0.29, 0.717) is 5.92 Å². The third-order valence-corrected chi connectivity index (χ3v) is 8.67. The number of carbonyl (C=O) groups is 1. The number of hydrogen-bond acceptors (Lipinski definition) is 2. The van der Waals surface area contributed by atoms with Crippen molar-refractivity contribution < 1.29 is 9.53 Å². The Balaban J connectivity index is 1.60. The molecule has 0 aromatic heterocycles. The van der Waals surface area contributed by atoms with Gasteiger partial charge >= 0.3 is 0 Å². The van der Waals surface area contributed by atoms with E-state index in [2.05, 4.69) is 74.5 Å². The van der Waals surface area contributed by atoms with E-state index in [1.165, 1.54) is 16.0 Å². The number of methoxy groups -OCH3 is 1. The van der Waals surface area contributed by atoms with Crippen molar-refractivity contribution in [3.05, 3.63) is 108 Å². The molecule has 4 aromatic rings. The lowest BCUT2D eigenvalue weighted by Gasteiger charge is -2.32. The predicted molar refractivity (Wildman–Crippen MR) is 133 cm³/mol. The molecule has 0 bridgehead atoms. The predicted octanol–water partition coefficient (Wildman–Crippen LogP) is 7.51. The van der Waals surface area contributed by atoms with Gasteiger partial charge < -0.3 is 4.74 Å². The fourth-order valence-electron chi connectivity index (χ4n) is 4.29. The second-order valence-corrected chi connectivity index (χ2v) is 10.5. The first kappa shape index (κ1) is 20.6. The third-order valence-electron chi connectivity index (χ3n) is 6.11. The van der Waals surface area contributed by atoms with Gasteiger partial charge in [0.15, 0.2) is 5.78 Å². The minimum Gasteiger partial charge on any atom is -0.497 e. The lowest BCUT2D eigenvalue weighted by atomic mass is 9.96. The maximum atomic E-state index is 13.4. The summed E-state index contributed by atoms with van der Waals surface area (Å²) in [7, 11) is 0.894. The number of ketones is 1. The van der Waals surface area contributed by atoms with Gasteiger partial charge in [-0.05, 0) is 76.0 Å². The minimum absolute atomic E-state index is 0.145. The number of benzene rings is 4. The van der Waals surface area contributed by atoms with Gasteiger partial charge in [0.2, 0.25) is 0 Å². The zero-order chi connectivity index (χ0) is 22.2. The number of rotatable bonds is 4. The van der Waals surface area contributed by atoms with Crippen molar-refractivity contribution in [3.8, 4) is 16.9 Å². The largest absolute Gasteiger partial charge is 0.497 e. The van der Waals surface area contributed by atoms with Gasteiger partial charge in [-0.3, -0.25) is 4.79 Å². The Bertz CT molecular complexity index is 1290. The fourth-order valence-corrected chi connectivity index (χ4v) is 6.84. The topological polar surface area (TPSA) is 26.3 Å². The second kappa shape index (κ2) is 8.33. The first-order valence-electron chi connectivity index (χ1n) is 10.9. The molecule has 1 heterocycles. The Hall–Kier alpha value is -3.30. The highest BCUT2D eigenvalue weighted by atomic mass is 32.2. The molecule has 3 heteroatoms. The molecule has 160 valence electrons. The average molecular weight is 439 g/mol. The average Bonchev–Trinajstić information content (AvgIpc) is 2.84. The number of carbonyl (C=O) groups excluding carboxylic acids is 1. The van der Waals surface area contributed by atoms with Crippen LogP contribution in [0.5, 0.6) is 5.75 Å². The monoisotopic (exact) mass is 438 g/mol. The van der Waals surface area contributed by atoms with Crippen molar-refractivity contribution in [2.24, 2.45) is 0 Å². The number of fused-ring (bicyclic) bond motifs is 2. The molecular weight excluding hydrogens is 412 g/mol. The van der Waals surface area contributed by atoms with E-state index in [4.69, 9.17) is 4.74 Å². The third kappa shape index (κ3) is 3.53. The van der Waals surface area contributed by atoms with Crippen LogP contribution in [0.3, 0.4) is 0 Å². The van der Waals surface area contributed by atoms with Crippen LogP contribution in [0, 0.1) is 0 Å². The molecule has 4 aromatic carbocycles. The molecule has 1 unspecified atom stereocenters. The van der Waals surface area contributed by atoms with Crippen molar-refractivity contribution in [1.82, 2.24) is 0 Å². The molecule has 2 nitrogen and oxygen atoms in total. The summed E-state index contributed by atoms with van der Waals surface area (Å²) in [6, 6.07) is 31.5. The number of thiol groups is 1. The Labute approximate surface area is 192 Å². The zero-order valence-corrected chi connectivity index (χ0v) is 19.4. The normalized spacial score (nSPS) is 15.9. The van der Waals surface area contributed by atoms with Gasteiger partial charge in [-0.2, -0.15) is 10.9 Å². The summed E-state index contributed by atoms with van der Waals surface area (Å²) in [5, 5.41) is 0. The summed E-state index contributed by atoms with van der Waals surface area (Å²) in [6.07, 6.45) is 0. The van der Waals surface area contributed by atoms with Crippen LogP contribution in [0.4, 0.5) is 0 Å². The van der Waals surface area contributed by atoms with E-state index >= 15 is 0 Å². The molecule has 1 aliphatic heterocycles. The van der Waals surface area contributed by atoms with E-state index in [0.717, 1.165) is 32.2 Å². The number of ether oxygens (including phenoxy) is 1. The molecule has 0 aliphatic carbocycles. The van der Waals surface area contributed by atoms with Crippen molar-refractivity contribution in [2.45, 2.75) is 34.5 Å². The fraction of sp³-hybridized carbons (Fsp3) is 0.138. The Kier molecular flexibility index (Phi) is 5.36. The summed E-state index contributed by atoms with van der Waals surface area (Å²) in [6.45, 7) is 4.34. The molecule has 0 radical (unpaired) electrons. The Morgan fingerprint density at radius 3 is 2.00 bits per heavy atom. The van der Waals surface area contributed by atoms with E-state index in [-0.39, 0.29) is 5.78 Å². The summed E-state index contributed by atoms with van der Waals surface area (Å²) >= 11 is 0. The van der Waals surface area contributed by atoms with Crippen LogP contribution in [0.1, 0.15) is 41.3 Å². The summed E-state index contributed by atoms with van der Waals surface area (Å²) in [5.41, 5.74) is 5.24. The van der Waals surface area contributed by atoms with Crippen LogP contribution >= 0.6 is 10.9 Å². The molecule has 5 rings (SSSR count). The van der Waals surface area contributed by atoms with Gasteiger partial charge in [-0.1, -0.05) is 56.3 Å². The van der Waals surface area contributed by atoms with Gasteiger partial charge in [-0.15, -0.1) is 0 Å². The molecule has 32 heavy (non-hydrogen) atoms. The van der Waals surface area contributed by atoms with Crippen LogP contribution in [0.15, 0.2) is 106 Å². The summed E-state index contributed by atoms with van der Waals surface area (Å²) in [5.74, 6) is 1.39. The van der Waals surface area contributed by atoms with Crippen molar-refractivity contribution in [2.75, 3.05) is 7.11 Å². The molecule has 0 fully saturated rings. The first-order chi connectivity index (χ1) is 15.6. The minimum atomic E-state index is -0.787. The summed E-state index contributed by atoms with van der Waals surface area (Å²) < 4.78 is 5.28. The van der Waals surface area contributed by atoms with Crippen LogP contribution < -0.4 is 4.74 Å². The highest BCUT2D eigenvalue weighted by Gasteiger charge is 2.30. The van der Waals surface area contributed by atoms with Crippen LogP contribution in [0.2, 0.25) is 0 Å². The zero-order valence-electron chi connectivity index (χ0n) is 18.5. The molecule has 0 saturated carbocycles. The van der Waals surface area contributed by atoms with Gasteiger partial charge in [0.1, 0.15) is 5.75 Å². The van der Waals surface area contributed by atoms with Gasteiger partial charge in [0, 0.05) is 20.9 Å². The van der Waals surface area contributed by atoms with Crippen LogP contribution in [-0.4, -0.2) is 12.9 Å². The Morgan fingerprint density at radius 1 is 0.719 bits per heavy atom. The molecule has 0 saturated heterocycles. The number of hydrogen-bond donors (Lipinski definition) is 1. The maximum absolute atomic E-state index is 13.4. The van der Waals surface area contributed by atoms with Crippen molar-refractivity contribution in [1.29, 1.82) is 0 Å². The van der Waals surface area contributed by atoms with Crippen LogP contribution in [-0.2, 0) is 0 Å². The highest BCUT2D eigenvalue weighted by molar-refractivity contribution is 8.17. The quantitative estimate of drug-likeness (QED) is 0.294. The van der Waals surface area contributed by atoms with Crippen LogP contribution in [0.25, 0.3) is 11.1 Å². The van der Waals surface area contributed by atoms with Gasteiger partial charge in [-0.25, -0.2) is 0 Å². The van der Waals surface area contributed by atoms with E-state index in [9.17, 15) is 4.79 Å². The lowest BCUT2D eigenvalue weighted by Crippen LogP contribution is -2.13. The standard InChI is InChI=1S/C29H26O2S/c1-19(2)22-12-17-28-26(18-22)29(30)25-6-4-5-7-27(25)32(28)24-15-10-21(11-16-24)20-8-13-23(31-3)14-9-20/h4-19,32H,1-3H3. The van der Waals surface area contributed by atoms with Gasteiger partial charge in [0.05, 0.1) is 7.11 Å². The van der Waals surface area contributed by atoms with Crippen molar-refractivity contribution >= 4 is 16.7 Å². The van der Waals surface area contributed by atoms with E-state index in [1.807, 2.05) is 30.3 Å². The maximum Gasteiger partial charge on any atom is 0.195 e. The summed E-state index contributed by atoms with van der Waals surface area (Å²) in [4.78, 5) is 16.9. The molecule has 1 atom stereocenters. The Morgan fingerprint density at radius 2 is 1.34 bits per heavy atom. The highest BCUT2D eigenvalue weighted by Crippen LogP contribution is 2.57.